The molecule has 0 saturated heterocycles. The lowest BCUT2D eigenvalue weighted by molar-refractivity contribution is -0.139. The van der Waals surface area contributed by atoms with Crippen molar-refractivity contribution in [3.8, 4) is 0 Å². The second kappa shape index (κ2) is 5.84. The van der Waals surface area contributed by atoms with Gasteiger partial charge in [-0.15, -0.1) is 0 Å². The van der Waals surface area contributed by atoms with Crippen LogP contribution in [0.25, 0.3) is 0 Å². The number of carbonyl (C=O) groups is 1. The van der Waals surface area contributed by atoms with Gasteiger partial charge in [-0.05, 0) is 17.5 Å². The lowest BCUT2D eigenvalue weighted by Gasteiger charge is -2.10. The third-order valence-electron chi connectivity index (χ3n) is 2.14. The summed E-state index contributed by atoms with van der Waals surface area (Å²) in [5.41, 5.74) is 3.98. The van der Waals surface area contributed by atoms with Gasteiger partial charge in [0.25, 0.3) is 0 Å². The van der Waals surface area contributed by atoms with E-state index in [1.807, 2.05) is 12.1 Å². The number of nitrogens with zero attached hydrogens (tertiary/aromatic N) is 1. The van der Waals surface area contributed by atoms with Crippen molar-refractivity contribution < 1.29 is 9.90 Å². The number of benzene rings is 1. The number of hydrazone groups is 1. The van der Waals surface area contributed by atoms with E-state index in [1.54, 1.807) is 12.1 Å². The number of aliphatic carboxylic acids is 1. The lowest BCUT2D eigenvalue weighted by Crippen LogP contribution is -2.42. The van der Waals surface area contributed by atoms with Crippen LogP contribution in [0.5, 0.6) is 0 Å². The van der Waals surface area contributed by atoms with E-state index >= 15 is 0 Å². The highest BCUT2D eigenvalue weighted by atomic mass is 16.4. The third-order valence-corrected chi connectivity index (χ3v) is 2.14. The highest BCUT2D eigenvalue weighted by Gasteiger charge is 2.15. The molecule has 6 N–H and O–H groups in total. The van der Waals surface area contributed by atoms with E-state index in [0.29, 0.717) is 6.42 Å². The molecule has 0 radical (unpaired) electrons. The summed E-state index contributed by atoms with van der Waals surface area (Å²) >= 11 is 0. The zero-order valence-electron chi connectivity index (χ0n) is 8.63. The first kappa shape index (κ1) is 12.2. The van der Waals surface area contributed by atoms with Gasteiger partial charge in [-0.1, -0.05) is 24.3 Å². The van der Waals surface area contributed by atoms with Crippen LogP contribution in [0.2, 0.25) is 0 Å². The van der Waals surface area contributed by atoms with Gasteiger partial charge in [-0.3, -0.25) is 10.6 Å². The molecule has 0 unspecified atom stereocenters. The largest absolute Gasteiger partial charge is 0.480 e. The second-order valence-electron chi connectivity index (χ2n) is 3.28. The topological polar surface area (TPSA) is 114 Å². The van der Waals surface area contributed by atoms with E-state index in [4.69, 9.17) is 16.8 Å². The van der Waals surface area contributed by atoms with Gasteiger partial charge in [0.15, 0.2) is 0 Å². The average Bonchev–Trinajstić information content (AvgIpc) is 2.28. The van der Waals surface area contributed by atoms with Crippen LogP contribution >= 0.6 is 0 Å². The number of carboxylic acids is 1. The first-order valence-corrected chi connectivity index (χ1v) is 4.68. The molecule has 1 rings (SSSR count). The van der Waals surface area contributed by atoms with E-state index in [2.05, 4.69) is 10.5 Å². The van der Waals surface area contributed by atoms with Crippen molar-refractivity contribution in [1.82, 2.24) is 5.43 Å². The summed E-state index contributed by atoms with van der Waals surface area (Å²) in [6.07, 6.45) is 1.84. The monoisotopic (exact) mass is 222 g/mol. The number of nitrogens with one attached hydrogen (secondary N) is 1. The van der Waals surface area contributed by atoms with Gasteiger partial charge in [0.1, 0.15) is 6.04 Å². The molecule has 0 spiro atoms. The minimum absolute atomic E-state index is 0.325. The van der Waals surface area contributed by atoms with E-state index in [0.717, 1.165) is 11.1 Å². The Labute approximate surface area is 92.9 Å². The molecule has 1 aromatic carbocycles. The third kappa shape index (κ3) is 3.34. The predicted molar refractivity (Wildman–Crippen MR) is 60.7 cm³/mol. The van der Waals surface area contributed by atoms with Crippen molar-refractivity contribution in [2.24, 2.45) is 16.8 Å². The quantitative estimate of drug-likeness (QED) is 0.303. The van der Waals surface area contributed by atoms with Crippen molar-refractivity contribution >= 4 is 12.2 Å². The summed E-state index contributed by atoms with van der Waals surface area (Å²) in [5.74, 6) is 9.16. The van der Waals surface area contributed by atoms with Crippen molar-refractivity contribution in [3.05, 3.63) is 35.4 Å². The van der Waals surface area contributed by atoms with Crippen LogP contribution in [0.15, 0.2) is 29.4 Å². The fourth-order valence-electron chi connectivity index (χ4n) is 1.28. The van der Waals surface area contributed by atoms with Crippen LogP contribution in [0.1, 0.15) is 11.1 Å². The fourth-order valence-corrected chi connectivity index (χ4v) is 1.28. The van der Waals surface area contributed by atoms with Gasteiger partial charge in [0.2, 0.25) is 0 Å². The number of hydrazine groups is 1. The summed E-state index contributed by atoms with van der Waals surface area (Å²) in [4.78, 5) is 10.7. The first-order chi connectivity index (χ1) is 7.67. The van der Waals surface area contributed by atoms with E-state index in [1.165, 1.54) is 6.21 Å². The maximum Gasteiger partial charge on any atom is 0.322 e. The molecule has 1 atom stereocenters. The standard InChI is InChI=1S/C10H14N4O2/c11-13-6-8-3-1-7(2-4-8)5-9(14-12)10(15)16/h1-4,6,9,14H,5,11-12H2,(H,15,16)/t9-/m0/s1. The highest BCUT2D eigenvalue weighted by Crippen LogP contribution is 2.05. The van der Waals surface area contributed by atoms with E-state index in [-0.39, 0.29) is 0 Å². The molecule has 0 aliphatic rings. The number of hydrogen-bond donors (Lipinski definition) is 4. The normalized spacial score (nSPS) is 12.8. The molecule has 86 valence electrons. The molecule has 0 aromatic heterocycles. The van der Waals surface area contributed by atoms with Gasteiger partial charge in [-0.25, -0.2) is 5.43 Å². The average molecular weight is 222 g/mol. The van der Waals surface area contributed by atoms with Crippen molar-refractivity contribution in [3.63, 3.8) is 0 Å². The molecule has 6 nitrogen and oxygen atoms in total. The van der Waals surface area contributed by atoms with E-state index in [9.17, 15) is 4.79 Å². The number of hydrogen-bond acceptors (Lipinski definition) is 5. The molecule has 0 aliphatic carbocycles. The molecule has 0 saturated carbocycles. The summed E-state index contributed by atoms with van der Waals surface area (Å²) in [7, 11) is 0. The molecule has 0 heterocycles. The Morgan fingerprint density at radius 3 is 2.56 bits per heavy atom. The van der Waals surface area contributed by atoms with Crippen LogP contribution in [0, 0.1) is 0 Å². The summed E-state index contributed by atoms with van der Waals surface area (Å²) in [5, 5.41) is 12.2. The number of rotatable bonds is 5. The molecule has 0 fully saturated rings. The zero-order valence-corrected chi connectivity index (χ0v) is 8.63. The molecule has 0 aliphatic heterocycles. The maximum absolute atomic E-state index is 10.7. The summed E-state index contributed by atoms with van der Waals surface area (Å²) < 4.78 is 0. The van der Waals surface area contributed by atoms with Crippen LogP contribution in [0.4, 0.5) is 0 Å². The molecule has 0 bridgehead atoms. The van der Waals surface area contributed by atoms with Crippen LogP contribution < -0.4 is 17.1 Å². The Balaban J connectivity index is 2.71. The maximum atomic E-state index is 10.7. The number of nitrogens with two attached hydrogens (primary N) is 2. The Hall–Kier alpha value is -1.92. The minimum Gasteiger partial charge on any atom is -0.480 e. The Morgan fingerprint density at radius 2 is 2.12 bits per heavy atom. The second-order valence-corrected chi connectivity index (χ2v) is 3.28. The van der Waals surface area contributed by atoms with Crippen LogP contribution in [0.3, 0.4) is 0 Å². The van der Waals surface area contributed by atoms with Crippen molar-refractivity contribution in [2.75, 3.05) is 0 Å². The summed E-state index contributed by atoms with van der Waals surface area (Å²) in [6, 6.07) is 6.45. The number of carboxylic acid groups (broad SMARTS) is 1. The van der Waals surface area contributed by atoms with Gasteiger partial charge in [-0.2, -0.15) is 5.10 Å². The first-order valence-electron chi connectivity index (χ1n) is 4.68. The molecule has 0 amide bonds. The molecule has 1 aromatic rings. The van der Waals surface area contributed by atoms with Crippen molar-refractivity contribution in [1.29, 1.82) is 0 Å². The highest BCUT2D eigenvalue weighted by molar-refractivity contribution is 5.79. The predicted octanol–water partition coefficient (Wildman–Crippen LogP) is -0.562. The smallest absolute Gasteiger partial charge is 0.322 e. The van der Waals surface area contributed by atoms with Crippen molar-refractivity contribution in [2.45, 2.75) is 12.5 Å². The molecular weight excluding hydrogens is 208 g/mol. The zero-order chi connectivity index (χ0) is 12.0. The van der Waals surface area contributed by atoms with Gasteiger partial charge >= 0.3 is 5.97 Å². The van der Waals surface area contributed by atoms with Gasteiger partial charge < -0.3 is 10.9 Å². The van der Waals surface area contributed by atoms with Crippen LogP contribution in [-0.2, 0) is 11.2 Å². The SMILES string of the molecule is NN=Cc1ccc(C[C@H](NN)C(=O)O)cc1. The Morgan fingerprint density at radius 1 is 1.50 bits per heavy atom. The van der Waals surface area contributed by atoms with Crippen LogP contribution in [-0.4, -0.2) is 23.3 Å². The summed E-state index contributed by atoms with van der Waals surface area (Å²) in [6.45, 7) is 0. The minimum atomic E-state index is -0.977. The molecular formula is C10H14N4O2. The van der Waals surface area contributed by atoms with Gasteiger partial charge in [0, 0.05) is 0 Å². The lowest BCUT2D eigenvalue weighted by atomic mass is 10.0. The fraction of sp³-hybridized carbons (Fsp3) is 0.200. The Kier molecular flexibility index (Phi) is 4.43. The van der Waals surface area contributed by atoms with Gasteiger partial charge in [0.05, 0.1) is 6.21 Å². The molecule has 16 heavy (non-hydrogen) atoms. The van der Waals surface area contributed by atoms with E-state index < -0.39 is 12.0 Å². The Bertz CT molecular complexity index is 375. The molecule has 6 heteroatoms.